The smallest absolute Gasteiger partial charge is 0.115 e. The summed E-state index contributed by atoms with van der Waals surface area (Å²) >= 11 is 0. The van der Waals surface area contributed by atoms with E-state index in [0.717, 1.165) is 30.7 Å². The van der Waals surface area contributed by atoms with E-state index >= 15 is 0 Å². The Morgan fingerprint density at radius 2 is 2.00 bits per heavy atom. The van der Waals surface area contributed by atoms with E-state index in [0.29, 0.717) is 11.8 Å². The predicted octanol–water partition coefficient (Wildman–Crippen LogP) is 3.65. The number of hydrogen-bond donors (Lipinski definition) is 2. The minimum Gasteiger partial charge on any atom is -0.508 e. The van der Waals surface area contributed by atoms with Crippen molar-refractivity contribution in [3.8, 4) is 5.75 Å². The Hall–Kier alpha value is -1.02. The summed E-state index contributed by atoms with van der Waals surface area (Å²) < 4.78 is 0. The summed E-state index contributed by atoms with van der Waals surface area (Å²) in [5, 5.41) is 13.5. The zero-order valence-electron chi connectivity index (χ0n) is 12.0. The average Bonchev–Trinajstić information content (AvgIpc) is 2.41. The molecular formula is C17H25NO. The first-order valence-corrected chi connectivity index (χ1v) is 7.70. The molecule has 2 nitrogen and oxygen atoms in total. The molecule has 1 aliphatic heterocycles. The minimum atomic E-state index is 0.407. The van der Waals surface area contributed by atoms with E-state index in [-0.39, 0.29) is 0 Å². The summed E-state index contributed by atoms with van der Waals surface area (Å²) in [5.74, 6) is 2.82. The molecule has 0 bridgehead atoms. The molecule has 1 heterocycles. The molecule has 1 aliphatic carbocycles. The standard InChI is InChI=1S/C17H25NO/c1-11-3-4-14(9-12(11)2)17-16-10-15(19)6-5-13(16)7-8-18-17/h5-6,10-12,14,17-19H,3-4,7-9H2,1-2H3. The first-order chi connectivity index (χ1) is 9.15. The maximum absolute atomic E-state index is 9.77. The monoisotopic (exact) mass is 259 g/mol. The Morgan fingerprint density at radius 3 is 2.79 bits per heavy atom. The van der Waals surface area contributed by atoms with Crippen molar-refractivity contribution in [3.63, 3.8) is 0 Å². The van der Waals surface area contributed by atoms with Gasteiger partial charge < -0.3 is 10.4 Å². The Kier molecular flexibility index (Phi) is 3.53. The molecule has 1 aromatic rings. The second kappa shape index (κ2) is 5.16. The van der Waals surface area contributed by atoms with E-state index in [1.54, 1.807) is 0 Å². The summed E-state index contributed by atoms with van der Waals surface area (Å²) in [5.41, 5.74) is 2.77. The minimum absolute atomic E-state index is 0.407. The van der Waals surface area contributed by atoms with Gasteiger partial charge in [-0.25, -0.2) is 0 Å². The van der Waals surface area contributed by atoms with Crippen molar-refractivity contribution in [2.45, 2.75) is 45.6 Å². The highest BCUT2D eigenvalue weighted by molar-refractivity contribution is 5.39. The number of nitrogens with one attached hydrogen (secondary N) is 1. The summed E-state index contributed by atoms with van der Waals surface area (Å²) in [4.78, 5) is 0. The molecule has 0 radical (unpaired) electrons. The molecule has 4 unspecified atom stereocenters. The van der Waals surface area contributed by atoms with Gasteiger partial charge in [0.15, 0.2) is 0 Å². The van der Waals surface area contributed by atoms with Gasteiger partial charge in [-0.2, -0.15) is 0 Å². The van der Waals surface area contributed by atoms with Crippen molar-refractivity contribution in [2.75, 3.05) is 6.54 Å². The van der Waals surface area contributed by atoms with Crippen LogP contribution in [0.1, 0.15) is 50.3 Å². The van der Waals surface area contributed by atoms with Gasteiger partial charge in [0.05, 0.1) is 0 Å². The number of benzene rings is 1. The van der Waals surface area contributed by atoms with Crippen LogP contribution < -0.4 is 5.32 Å². The molecule has 1 fully saturated rings. The van der Waals surface area contributed by atoms with Crippen molar-refractivity contribution < 1.29 is 5.11 Å². The third kappa shape index (κ3) is 2.51. The maximum atomic E-state index is 9.77. The topological polar surface area (TPSA) is 32.3 Å². The van der Waals surface area contributed by atoms with Gasteiger partial charge >= 0.3 is 0 Å². The Labute approximate surface area is 116 Å². The van der Waals surface area contributed by atoms with Gasteiger partial charge in [0, 0.05) is 6.04 Å². The number of fused-ring (bicyclic) bond motifs is 1. The fraction of sp³-hybridized carbons (Fsp3) is 0.647. The van der Waals surface area contributed by atoms with Crippen molar-refractivity contribution in [1.82, 2.24) is 5.32 Å². The summed E-state index contributed by atoms with van der Waals surface area (Å²) in [6, 6.07) is 6.36. The molecule has 0 amide bonds. The number of rotatable bonds is 1. The van der Waals surface area contributed by atoms with E-state index in [1.165, 1.54) is 30.4 Å². The molecule has 3 rings (SSSR count). The van der Waals surface area contributed by atoms with Crippen LogP contribution in [0.3, 0.4) is 0 Å². The fourth-order valence-corrected chi connectivity index (χ4v) is 3.88. The normalized spacial score (nSPS) is 34.8. The first kappa shape index (κ1) is 13.0. The van der Waals surface area contributed by atoms with E-state index in [1.807, 2.05) is 12.1 Å². The number of phenols is 1. The molecule has 0 saturated heterocycles. The lowest BCUT2D eigenvalue weighted by molar-refractivity contribution is 0.168. The van der Waals surface area contributed by atoms with Crippen molar-refractivity contribution in [3.05, 3.63) is 29.3 Å². The lowest BCUT2D eigenvalue weighted by Crippen LogP contribution is -2.37. The van der Waals surface area contributed by atoms with Crippen LogP contribution in [-0.4, -0.2) is 11.7 Å². The average molecular weight is 259 g/mol. The molecule has 1 saturated carbocycles. The van der Waals surface area contributed by atoms with E-state index in [2.05, 4.69) is 25.2 Å². The van der Waals surface area contributed by atoms with Gasteiger partial charge in [0.2, 0.25) is 0 Å². The maximum Gasteiger partial charge on any atom is 0.115 e. The quantitative estimate of drug-likeness (QED) is 0.807. The molecule has 19 heavy (non-hydrogen) atoms. The highest BCUT2D eigenvalue weighted by atomic mass is 16.3. The van der Waals surface area contributed by atoms with Crippen LogP contribution in [0.5, 0.6) is 5.75 Å². The van der Waals surface area contributed by atoms with E-state index < -0.39 is 0 Å². The molecular weight excluding hydrogens is 234 g/mol. The second-order valence-corrected chi connectivity index (χ2v) is 6.59. The SMILES string of the molecule is CC1CCC(C2NCCc3ccc(O)cc32)CC1C. The summed E-state index contributed by atoms with van der Waals surface area (Å²) in [7, 11) is 0. The highest BCUT2D eigenvalue weighted by Gasteiger charge is 2.33. The van der Waals surface area contributed by atoms with Gasteiger partial charge in [-0.3, -0.25) is 0 Å². The van der Waals surface area contributed by atoms with Crippen LogP contribution in [0, 0.1) is 17.8 Å². The van der Waals surface area contributed by atoms with E-state index in [9.17, 15) is 5.11 Å². The molecule has 104 valence electrons. The summed E-state index contributed by atoms with van der Waals surface area (Å²) in [6.07, 6.45) is 5.06. The zero-order valence-corrected chi connectivity index (χ0v) is 12.0. The number of hydrogen-bond acceptors (Lipinski definition) is 2. The molecule has 1 aromatic carbocycles. The Balaban J connectivity index is 1.85. The van der Waals surface area contributed by atoms with Gasteiger partial charge in [-0.05, 0) is 66.8 Å². The molecule has 0 spiro atoms. The second-order valence-electron chi connectivity index (χ2n) is 6.59. The number of aromatic hydroxyl groups is 1. The van der Waals surface area contributed by atoms with Gasteiger partial charge in [-0.1, -0.05) is 26.3 Å². The number of phenolic OH excluding ortho intramolecular Hbond substituents is 1. The lowest BCUT2D eigenvalue weighted by atomic mass is 9.71. The van der Waals surface area contributed by atoms with Crippen LogP contribution in [-0.2, 0) is 6.42 Å². The Morgan fingerprint density at radius 1 is 1.16 bits per heavy atom. The molecule has 4 atom stereocenters. The highest BCUT2D eigenvalue weighted by Crippen LogP contribution is 2.42. The largest absolute Gasteiger partial charge is 0.508 e. The first-order valence-electron chi connectivity index (χ1n) is 7.70. The van der Waals surface area contributed by atoms with Crippen LogP contribution in [0.2, 0.25) is 0 Å². The molecule has 0 aromatic heterocycles. The van der Waals surface area contributed by atoms with Crippen molar-refractivity contribution >= 4 is 0 Å². The van der Waals surface area contributed by atoms with Gasteiger partial charge in [0.25, 0.3) is 0 Å². The third-order valence-corrected chi connectivity index (χ3v) is 5.33. The molecule has 2 aliphatic rings. The van der Waals surface area contributed by atoms with Crippen molar-refractivity contribution in [1.29, 1.82) is 0 Å². The lowest BCUT2D eigenvalue weighted by Gasteiger charge is -2.39. The Bertz CT molecular complexity index is 457. The van der Waals surface area contributed by atoms with Gasteiger partial charge in [-0.15, -0.1) is 0 Å². The van der Waals surface area contributed by atoms with E-state index in [4.69, 9.17) is 0 Å². The molecule has 2 heteroatoms. The van der Waals surface area contributed by atoms with Crippen LogP contribution in [0.4, 0.5) is 0 Å². The summed E-state index contributed by atoms with van der Waals surface area (Å²) in [6.45, 7) is 5.85. The van der Waals surface area contributed by atoms with Crippen LogP contribution >= 0.6 is 0 Å². The van der Waals surface area contributed by atoms with Crippen molar-refractivity contribution in [2.24, 2.45) is 17.8 Å². The third-order valence-electron chi connectivity index (χ3n) is 5.33. The van der Waals surface area contributed by atoms with Gasteiger partial charge in [0.1, 0.15) is 5.75 Å². The van der Waals surface area contributed by atoms with Crippen LogP contribution in [0.15, 0.2) is 18.2 Å². The predicted molar refractivity (Wildman–Crippen MR) is 78.2 cm³/mol. The van der Waals surface area contributed by atoms with Crippen LogP contribution in [0.25, 0.3) is 0 Å². The molecule has 2 N–H and O–H groups in total. The fourth-order valence-electron chi connectivity index (χ4n) is 3.88. The zero-order chi connectivity index (χ0) is 13.4.